The third-order valence-electron chi connectivity index (χ3n) is 3.23. The molecule has 0 aliphatic heterocycles. The van der Waals surface area contributed by atoms with Crippen LogP contribution >= 0.6 is 0 Å². The monoisotopic (exact) mass is 256 g/mol. The topological polar surface area (TPSA) is 50.1 Å². The number of rotatable bonds is 13. The van der Waals surface area contributed by atoms with Crippen molar-refractivity contribution in [3.8, 4) is 0 Å². The number of unbranched alkanes of at least 4 members (excludes halogenated alkanes) is 11. The van der Waals surface area contributed by atoms with Crippen LogP contribution in [-0.4, -0.2) is 12.7 Å². The zero-order valence-corrected chi connectivity index (χ0v) is 12.0. The summed E-state index contributed by atoms with van der Waals surface area (Å²) in [5, 5.41) is 0. The fraction of sp³-hybridized carbons (Fsp3) is 0.933. The van der Waals surface area contributed by atoms with Crippen molar-refractivity contribution in [2.24, 2.45) is 0 Å². The second-order valence-corrected chi connectivity index (χ2v) is 5.03. The zero-order chi connectivity index (χ0) is 13.5. The third kappa shape index (κ3) is 15.3. The number of hydrogen-bond acceptors (Lipinski definition) is 2. The minimum absolute atomic E-state index is 0.416. The zero-order valence-electron chi connectivity index (χ0n) is 12.0. The van der Waals surface area contributed by atoms with Gasteiger partial charge in [0.1, 0.15) is 0 Å². The van der Waals surface area contributed by atoms with Crippen LogP contribution in [0.5, 0.6) is 0 Å². The van der Waals surface area contributed by atoms with E-state index in [2.05, 4.69) is 11.7 Å². The molecule has 0 aliphatic carbocycles. The van der Waals surface area contributed by atoms with E-state index in [9.17, 15) is 4.79 Å². The highest BCUT2D eigenvalue weighted by Crippen LogP contribution is 2.11. The van der Waals surface area contributed by atoms with Gasteiger partial charge >= 0.3 is 6.09 Å². The lowest BCUT2D eigenvalue weighted by Crippen LogP contribution is -2.03. The second kappa shape index (κ2) is 14.3. The van der Waals surface area contributed by atoms with Gasteiger partial charge in [0.05, 0.1) is 6.61 Å². The van der Waals surface area contributed by atoms with Crippen LogP contribution in [0.4, 0.5) is 4.79 Å². The Bertz CT molecular complexity index is 183. The molecule has 1 N–H and O–H groups in total. The van der Waals surface area contributed by atoms with Gasteiger partial charge in [-0.05, 0) is 6.42 Å². The molecule has 3 nitrogen and oxygen atoms in total. The largest absolute Gasteiger partial charge is 0.448 e. The first-order chi connectivity index (χ1) is 8.77. The molecule has 18 heavy (non-hydrogen) atoms. The molecule has 1 radical (unpaired) electrons. The molecule has 1 amide bonds. The molecule has 3 heteroatoms. The lowest BCUT2D eigenvalue weighted by Gasteiger charge is -2.03. The molecule has 0 aromatic heterocycles. The fourth-order valence-corrected chi connectivity index (χ4v) is 2.11. The van der Waals surface area contributed by atoms with Crippen molar-refractivity contribution in [3.05, 3.63) is 0 Å². The average Bonchev–Trinajstić information content (AvgIpc) is 2.34. The highest BCUT2D eigenvalue weighted by atomic mass is 16.5. The van der Waals surface area contributed by atoms with Crippen molar-refractivity contribution >= 4 is 6.09 Å². The van der Waals surface area contributed by atoms with E-state index in [0.29, 0.717) is 6.61 Å². The van der Waals surface area contributed by atoms with Crippen molar-refractivity contribution in [2.75, 3.05) is 6.61 Å². The van der Waals surface area contributed by atoms with Crippen molar-refractivity contribution in [3.63, 3.8) is 0 Å². The van der Waals surface area contributed by atoms with Crippen LogP contribution in [0.15, 0.2) is 0 Å². The minimum atomic E-state index is -0.905. The molecule has 0 saturated carbocycles. The van der Waals surface area contributed by atoms with Crippen molar-refractivity contribution in [2.45, 2.75) is 84.0 Å². The molecule has 0 saturated heterocycles. The Morgan fingerprint density at radius 1 is 0.778 bits per heavy atom. The molecule has 0 rings (SSSR count). The molecule has 0 heterocycles. The minimum Gasteiger partial charge on any atom is -0.448 e. The SMILES string of the molecule is CCCCCCCCCCCCCCOC([NH])=O. The van der Waals surface area contributed by atoms with E-state index in [1.807, 2.05) is 0 Å². The third-order valence-corrected chi connectivity index (χ3v) is 3.23. The van der Waals surface area contributed by atoms with Gasteiger partial charge in [-0.1, -0.05) is 77.6 Å². The van der Waals surface area contributed by atoms with Crippen LogP contribution in [0.25, 0.3) is 0 Å². The summed E-state index contributed by atoms with van der Waals surface area (Å²) in [6, 6.07) is 0. The quantitative estimate of drug-likeness (QED) is 0.430. The first kappa shape index (κ1) is 17.3. The molecular formula is C15H30NO2. The van der Waals surface area contributed by atoms with Crippen LogP contribution < -0.4 is 5.73 Å². The first-order valence-corrected chi connectivity index (χ1v) is 7.65. The summed E-state index contributed by atoms with van der Waals surface area (Å²) in [5.41, 5.74) is 6.57. The van der Waals surface area contributed by atoms with Gasteiger partial charge in [-0.3, -0.25) is 0 Å². The summed E-state index contributed by atoms with van der Waals surface area (Å²) in [5.74, 6) is 0. The summed E-state index contributed by atoms with van der Waals surface area (Å²) >= 11 is 0. The number of ether oxygens (including phenoxy) is 1. The van der Waals surface area contributed by atoms with E-state index < -0.39 is 6.09 Å². The van der Waals surface area contributed by atoms with Crippen molar-refractivity contribution < 1.29 is 9.53 Å². The molecule has 0 unspecified atom stereocenters. The standard InChI is InChI=1S/C15H30NO2/c1-2-3-4-5-6-7-8-9-10-11-12-13-14-18-15(16)17/h16H,2-14H2,1H3. The Kier molecular flexibility index (Phi) is 13.8. The Morgan fingerprint density at radius 2 is 1.17 bits per heavy atom. The summed E-state index contributed by atoms with van der Waals surface area (Å²) in [6.45, 7) is 2.67. The first-order valence-electron chi connectivity index (χ1n) is 7.65. The van der Waals surface area contributed by atoms with Gasteiger partial charge in [0.2, 0.25) is 0 Å². The smallest absolute Gasteiger partial charge is 0.426 e. The Morgan fingerprint density at radius 3 is 1.56 bits per heavy atom. The Labute approximate surface area is 112 Å². The molecule has 0 fully saturated rings. The number of hydrogen-bond donors (Lipinski definition) is 0. The lowest BCUT2D eigenvalue weighted by atomic mass is 10.1. The lowest BCUT2D eigenvalue weighted by molar-refractivity contribution is 0.152. The van der Waals surface area contributed by atoms with Crippen LogP contribution in [0.2, 0.25) is 0 Å². The summed E-state index contributed by atoms with van der Waals surface area (Å²) < 4.78 is 4.56. The van der Waals surface area contributed by atoms with Gasteiger partial charge in [0.15, 0.2) is 0 Å². The highest BCUT2D eigenvalue weighted by Gasteiger charge is 1.95. The normalized spacial score (nSPS) is 10.5. The Balaban J connectivity index is 2.92. The van der Waals surface area contributed by atoms with Crippen LogP contribution in [0.1, 0.15) is 84.0 Å². The molecule has 0 aliphatic rings. The predicted molar refractivity (Wildman–Crippen MR) is 75.5 cm³/mol. The molecule has 0 atom stereocenters. The van der Waals surface area contributed by atoms with Crippen LogP contribution in [0.3, 0.4) is 0 Å². The molecule has 0 spiro atoms. The van der Waals surface area contributed by atoms with E-state index in [1.165, 1.54) is 64.2 Å². The summed E-state index contributed by atoms with van der Waals surface area (Å²) in [6.07, 6.45) is 14.7. The second-order valence-electron chi connectivity index (χ2n) is 5.03. The fourth-order valence-electron chi connectivity index (χ4n) is 2.11. The molecule has 0 aromatic rings. The van der Waals surface area contributed by atoms with E-state index in [1.54, 1.807) is 0 Å². The van der Waals surface area contributed by atoms with Crippen LogP contribution in [0, 0.1) is 0 Å². The number of carbonyl (C=O) groups is 1. The predicted octanol–water partition coefficient (Wildman–Crippen LogP) is 5.11. The maximum absolute atomic E-state index is 10.2. The van der Waals surface area contributed by atoms with Crippen molar-refractivity contribution in [1.82, 2.24) is 5.73 Å². The van der Waals surface area contributed by atoms with Gasteiger partial charge in [-0.2, -0.15) is 0 Å². The number of carbonyl (C=O) groups excluding carboxylic acids is 1. The molecule has 107 valence electrons. The van der Waals surface area contributed by atoms with Gasteiger partial charge in [-0.15, -0.1) is 0 Å². The molecule has 0 aromatic carbocycles. The van der Waals surface area contributed by atoms with E-state index in [4.69, 9.17) is 5.73 Å². The summed E-state index contributed by atoms with van der Waals surface area (Å²) in [7, 11) is 0. The van der Waals surface area contributed by atoms with Gasteiger partial charge in [-0.25, -0.2) is 10.5 Å². The van der Waals surface area contributed by atoms with Gasteiger partial charge < -0.3 is 4.74 Å². The maximum Gasteiger partial charge on any atom is 0.426 e. The molecule has 0 bridgehead atoms. The summed E-state index contributed by atoms with van der Waals surface area (Å²) in [4.78, 5) is 10.2. The number of nitrogens with one attached hydrogen (secondary N) is 1. The highest BCUT2D eigenvalue weighted by molar-refractivity contribution is 5.63. The van der Waals surface area contributed by atoms with Gasteiger partial charge in [0.25, 0.3) is 0 Å². The van der Waals surface area contributed by atoms with E-state index in [0.717, 1.165) is 12.8 Å². The molecular weight excluding hydrogens is 226 g/mol. The maximum atomic E-state index is 10.2. The van der Waals surface area contributed by atoms with Crippen molar-refractivity contribution in [1.29, 1.82) is 0 Å². The van der Waals surface area contributed by atoms with E-state index in [-0.39, 0.29) is 0 Å². The van der Waals surface area contributed by atoms with E-state index >= 15 is 0 Å². The van der Waals surface area contributed by atoms with Crippen LogP contribution in [-0.2, 0) is 4.74 Å². The Hall–Kier alpha value is -0.730. The average molecular weight is 256 g/mol. The van der Waals surface area contributed by atoms with Gasteiger partial charge in [0, 0.05) is 0 Å². The number of amides is 1.